The normalized spacial score (nSPS) is 23.9. The molecule has 0 bridgehead atoms. The molecule has 2 heterocycles. The molecule has 2 aliphatic rings. The smallest absolute Gasteiger partial charge is 0.222 e. The zero-order valence-electron chi connectivity index (χ0n) is 14.8. The predicted octanol–water partition coefficient (Wildman–Crippen LogP) is 2.93. The molecule has 0 spiro atoms. The lowest BCUT2D eigenvalue weighted by Gasteiger charge is -2.27. The zero-order valence-corrected chi connectivity index (χ0v) is 14.8. The van der Waals surface area contributed by atoms with E-state index in [1.165, 1.54) is 5.56 Å². The number of benzene rings is 1. The third-order valence-electron chi connectivity index (χ3n) is 5.48. The Balaban J connectivity index is 1.52. The largest absolute Gasteiger partial charge is 0.381 e. The van der Waals surface area contributed by atoms with Crippen LogP contribution in [0.3, 0.4) is 0 Å². The van der Waals surface area contributed by atoms with Crippen molar-refractivity contribution in [2.24, 2.45) is 5.92 Å². The molecular weight excluding hydrogens is 300 g/mol. The van der Waals surface area contributed by atoms with E-state index in [0.717, 1.165) is 58.7 Å². The van der Waals surface area contributed by atoms with Crippen LogP contribution in [0.15, 0.2) is 30.3 Å². The summed E-state index contributed by atoms with van der Waals surface area (Å²) in [6.07, 6.45) is 3.84. The topological polar surface area (TPSA) is 32.8 Å². The van der Waals surface area contributed by atoms with Gasteiger partial charge < -0.3 is 9.64 Å². The molecule has 2 fully saturated rings. The maximum Gasteiger partial charge on any atom is 0.222 e. The Labute approximate surface area is 145 Å². The summed E-state index contributed by atoms with van der Waals surface area (Å²) < 4.78 is 5.40. The highest BCUT2D eigenvalue weighted by Crippen LogP contribution is 2.21. The van der Waals surface area contributed by atoms with Crippen LogP contribution in [0, 0.1) is 5.92 Å². The maximum absolute atomic E-state index is 12.7. The van der Waals surface area contributed by atoms with E-state index < -0.39 is 0 Å². The summed E-state index contributed by atoms with van der Waals surface area (Å²) in [6.45, 7) is 7.63. The molecule has 3 rings (SSSR count). The van der Waals surface area contributed by atoms with Gasteiger partial charge in [-0.15, -0.1) is 0 Å². The predicted molar refractivity (Wildman–Crippen MR) is 95.7 cm³/mol. The van der Waals surface area contributed by atoms with E-state index in [-0.39, 0.29) is 0 Å². The molecule has 2 saturated heterocycles. The molecule has 24 heavy (non-hydrogen) atoms. The van der Waals surface area contributed by atoms with Crippen molar-refractivity contribution in [2.75, 3.05) is 32.8 Å². The molecule has 4 heteroatoms. The summed E-state index contributed by atoms with van der Waals surface area (Å²) in [4.78, 5) is 17.3. The standard InChI is InChI=1S/C20H30N2O2/c1-17-7-10-21(20(23)15-18-8-13-24-14-9-18)11-12-22(17)16-19-5-3-2-4-6-19/h2-6,17-18H,7-16H2,1H3/t17-/m1/s1. The Morgan fingerprint density at radius 2 is 1.83 bits per heavy atom. The molecule has 0 unspecified atom stereocenters. The van der Waals surface area contributed by atoms with Crippen LogP contribution in [0.2, 0.25) is 0 Å². The number of rotatable bonds is 4. The fourth-order valence-electron chi connectivity index (χ4n) is 3.74. The van der Waals surface area contributed by atoms with Crippen LogP contribution in [0.25, 0.3) is 0 Å². The molecule has 2 aliphatic heterocycles. The van der Waals surface area contributed by atoms with E-state index in [4.69, 9.17) is 4.74 Å². The molecular formula is C20H30N2O2. The average Bonchev–Trinajstić information content (AvgIpc) is 2.79. The zero-order chi connectivity index (χ0) is 16.8. The number of ether oxygens (including phenoxy) is 1. The maximum atomic E-state index is 12.7. The van der Waals surface area contributed by atoms with E-state index in [1.807, 2.05) is 0 Å². The lowest BCUT2D eigenvalue weighted by Crippen LogP contribution is -2.37. The number of nitrogens with zero attached hydrogens (tertiary/aromatic N) is 2. The average molecular weight is 330 g/mol. The third-order valence-corrected chi connectivity index (χ3v) is 5.48. The summed E-state index contributed by atoms with van der Waals surface area (Å²) in [7, 11) is 0. The van der Waals surface area contributed by atoms with Crippen LogP contribution in [-0.2, 0) is 16.1 Å². The van der Waals surface area contributed by atoms with Gasteiger partial charge in [0.25, 0.3) is 0 Å². The van der Waals surface area contributed by atoms with Crippen LogP contribution >= 0.6 is 0 Å². The van der Waals surface area contributed by atoms with E-state index in [0.29, 0.717) is 24.3 Å². The highest BCUT2D eigenvalue weighted by Gasteiger charge is 2.26. The Hall–Kier alpha value is -1.39. The number of amides is 1. The molecule has 0 aromatic heterocycles. The van der Waals surface area contributed by atoms with E-state index in [1.54, 1.807) is 0 Å². The molecule has 1 atom stereocenters. The fraction of sp³-hybridized carbons (Fsp3) is 0.650. The van der Waals surface area contributed by atoms with E-state index in [2.05, 4.69) is 47.1 Å². The van der Waals surface area contributed by atoms with Gasteiger partial charge in [0.2, 0.25) is 5.91 Å². The van der Waals surface area contributed by atoms with Gasteiger partial charge in [0.1, 0.15) is 0 Å². The molecule has 132 valence electrons. The van der Waals surface area contributed by atoms with Crippen molar-refractivity contribution in [1.29, 1.82) is 0 Å². The number of hydrogen-bond donors (Lipinski definition) is 0. The first-order valence-electron chi connectivity index (χ1n) is 9.36. The first-order valence-corrected chi connectivity index (χ1v) is 9.36. The highest BCUT2D eigenvalue weighted by atomic mass is 16.5. The molecule has 1 aromatic carbocycles. The van der Waals surface area contributed by atoms with Gasteiger partial charge in [-0.2, -0.15) is 0 Å². The lowest BCUT2D eigenvalue weighted by molar-refractivity contribution is -0.132. The van der Waals surface area contributed by atoms with Crippen LogP contribution in [0.1, 0.15) is 38.2 Å². The monoisotopic (exact) mass is 330 g/mol. The molecule has 0 radical (unpaired) electrons. The lowest BCUT2D eigenvalue weighted by atomic mass is 9.96. The van der Waals surface area contributed by atoms with Gasteiger partial charge in [-0.05, 0) is 37.7 Å². The van der Waals surface area contributed by atoms with Gasteiger partial charge in [0, 0.05) is 51.9 Å². The molecule has 0 aliphatic carbocycles. The van der Waals surface area contributed by atoms with Crippen molar-refractivity contribution in [3.05, 3.63) is 35.9 Å². The Morgan fingerprint density at radius 3 is 2.58 bits per heavy atom. The summed E-state index contributed by atoms with van der Waals surface area (Å²) in [6, 6.07) is 11.2. The van der Waals surface area contributed by atoms with Gasteiger partial charge in [-0.25, -0.2) is 0 Å². The molecule has 1 aromatic rings. The van der Waals surface area contributed by atoms with Crippen molar-refractivity contribution in [3.8, 4) is 0 Å². The second kappa shape index (κ2) is 8.63. The first-order chi connectivity index (χ1) is 11.7. The van der Waals surface area contributed by atoms with Gasteiger partial charge in [0.15, 0.2) is 0 Å². The minimum absolute atomic E-state index is 0.343. The Morgan fingerprint density at radius 1 is 1.08 bits per heavy atom. The summed E-state index contributed by atoms with van der Waals surface area (Å²) in [5.41, 5.74) is 1.35. The van der Waals surface area contributed by atoms with Crippen molar-refractivity contribution in [3.63, 3.8) is 0 Å². The quantitative estimate of drug-likeness (QED) is 0.851. The van der Waals surface area contributed by atoms with Gasteiger partial charge in [0.05, 0.1) is 0 Å². The summed E-state index contributed by atoms with van der Waals surface area (Å²) >= 11 is 0. The van der Waals surface area contributed by atoms with Crippen molar-refractivity contribution in [1.82, 2.24) is 9.80 Å². The minimum Gasteiger partial charge on any atom is -0.381 e. The third kappa shape index (κ3) is 4.81. The van der Waals surface area contributed by atoms with Crippen LogP contribution in [0.5, 0.6) is 0 Å². The summed E-state index contributed by atoms with van der Waals surface area (Å²) in [5, 5.41) is 0. The summed E-state index contributed by atoms with van der Waals surface area (Å²) in [5.74, 6) is 0.864. The molecule has 0 N–H and O–H groups in total. The number of carbonyl (C=O) groups is 1. The molecule has 1 amide bonds. The second-order valence-corrected chi connectivity index (χ2v) is 7.23. The minimum atomic E-state index is 0.343. The molecule has 4 nitrogen and oxygen atoms in total. The number of hydrogen-bond acceptors (Lipinski definition) is 3. The van der Waals surface area contributed by atoms with Crippen molar-refractivity contribution in [2.45, 2.75) is 45.2 Å². The SMILES string of the molecule is C[C@@H]1CCN(C(=O)CC2CCOCC2)CCN1Cc1ccccc1. The number of carbonyl (C=O) groups excluding carboxylic acids is 1. The van der Waals surface area contributed by atoms with E-state index in [9.17, 15) is 4.79 Å². The van der Waals surface area contributed by atoms with Crippen molar-refractivity contribution < 1.29 is 9.53 Å². The van der Waals surface area contributed by atoms with E-state index >= 15 is 0 Å². The van der Waals surface area contributed by atoms with Crippen LogP contribution in [-0.4, -0.2) is 54.6 Å². The Kier molecular flexibility index (Phi) is 6.27. The van der Waals surface area contributed by atoms with Crippen LogP contribution in [0.4, 0.5) is 0 Å². The van der Waals surface area contributed by atoms with Crippen molar-refractivity contribution >= 4 is 5.91 Å². The second-order valence-electron chi connectivity index (χ2n) is 7.23. The fourth-order valence-corrected chi connectivity index (χ4v) is 3.74. The Bertz CT molecular complexity index is 514. The first kappa shape index (κ1) is 17.4. The van der Waals surface area contributed by atoms with Gasteiger partial charge >= 0.3 is 0 Å². The van der Waals surface area contributed by atoms with Crippen LogP contribution < -0.4 is 0 Å². The van der Waals surface area contributed by atoms with Gasteiger partial charge in [-0.3, -0.25) is 9.69 Å². The van der Waals surface area contributed by atoms with Gasteiger partial charge in [-0.1, -0.05) is 30.3 Å². The molecule has 0 saturated carbocycles. The highest BCUT2D eigenvalue weighted by molar-refractivity contribution is 5.76.